The second-order valence-corrected chi connectivity index (χ2v) is 6.82. The quantitative estimate of drug-likeness (QED) is 0.247. The Morgan fingerprint density at radius 2 is 1.96 bits per heavy atom. The Morgan fingerprint density at radius 1 is 1.26 bits per heavy atom. The smallest absolute Gasteiger partial charge is 0.191 e. The van der Waals surface area contributed by atoms with Crippen LogP contribution in [0.4, 0.5) is 0 Å². The molecule has 0 spiro atoms. The summed E-state index contributed by atoms with van der Waals surface area (Å²) in [6.45, 7) is 10.3. The predicted octanol–water partition coefficient (Wildman–Crippen LogP) is 3.25. The van der Waals surface area contributed by atoms with Crippen molar-refractivity contribution in [2.45, 2.75) is 46.2 Å². The number of nitrogens with one attached hydrogen (secondary N) is 2. The number of halogens is 1. The lowest BCUT2D eigenvalue weighted by atomic mass is 10.2. The number of rotatable bonds is 9. The van der Waals surface area contributed by atoms with E-state index in [2.05, 4.69) is 76.1 Å². The molecule has 2 rings (SSSR count). The van der Waals surface area contributed by atoms with Crippen molar-refractivity contribution in [1.82, 2.24) is 25.1 Å². The number of aliphatic imine (C=N–C) groups is 1. The van der Waals surface area contributed by atoms with Crippen LogP contribution in [0.1, 0.15) is 32.5 Å². The largest absolute Gasteiger partial charge is 0.356 e. The number of nitrogens with zero attached hydrogens (tertiary/aromatic N) is 4. The van der Waals surface area contributed by atoms with Gasteiger partial charge in [-0.15, -0.1) is 24.0 Å². The fourth-order valence-electron chi connectivity index (χ4n) is 3.03. The molecule has 1 unspecified atom stereocenters. The zero-order valence-corrected chi connectivity index (χ0v) is 19.7. The summed E-state index contributed by atoms with van der Waals surface area (Å²) < 4.78 is 2.29. The Kier molecular flexibility index (Phi) is 10.7. The molecule has 0 aliphatic heterocycles. The van der Waals surface area contributed by atoms with E-state index in [-0.39, 0.29) is 24.0 Å². The minimum atomic E-state index is 0. The normalized spacial score (nSPS) is 12.9. The monoisotopic (exact) mass is 486 g/mol. The third-order valence-corrected chi connectivity index (χ3v) is 5.02. The lowest BCUT2D eigenvalue weighted by Crippen LogP contribution is -2.42. The molecule has 0 aliphatic rings. The summed E-state index contributed by atoms with van der Waals surface area (Å²) in [7, 11) is 3.99. The number of guanidine groups is 1. The van der Waals surface area contributed by atoms with Crippen molar-refractivity contribution in [1.29, 1.82) is 0 Å². The number of hydrogen-bond acceptors (Lipinski definition) is 3. The Morgan fingerprint density at radius 3 is 2.67 bits per heavy atom. The number of para-hydroxylation sites is 2. The molecule has 0 saturated carbocycles. The number of benzene rings is 1. The molecule has 0 aliphatic carbocycles. The number of fused-ring (bicyclic) bond motifs is 1. The SMILES string of the molecule is CCC(C)N(C)CCNC(=NC)NCCCn1c(C)nc2ccccc21.I. The molecule has 0 saturated heterocycles. The second-order valence-electron chi connectivity index (χ2n) is 6.82. The highest BCUT2D eigenvalue weighted by Crippen LogP contribution is 2.15. The molecule has 2 N–H and O–H groups in total. The topological polar surface area (TPSA) is 57.5 Å². The summed E-state index contributed by atoms with van der Waals surface area (Å²) in [5.41, 5.74) is 2.28. The molecule has 1 atom stereocenters. The first kappa shape index (κ1) is 23.7. The summed E-state index contributed by atoms with van der Waals surface area (Å²) in [4.78, 5) is 11.3. The highest BCUT2D eigenvalue weighted by molar-refractivity contribution is 14.0. The number of likely N-dealkylation sites (N-methyl/N-ethyl adjacent to an activating group) is 1. The fraction of sp³-hybridized carbons (Fsp3) is 0.600. The van der Waals surface area contributed by atoms with Crippen LogP contribution in [-0.2, 0) is 6.54 Å². The summed E-state index contributed by atoms with van der Waals surface area (Å²) >= 11 is 0. The van der Waals surface area contributed by atoms with Crippen molar-refractivity contribution >= 4 is 41.0 Å². The third-order valence-electron chi connectivity index (χ3n) is 5.02. The van der Waals surface area contributed by atoms with Crippen LogP contribution >= 0.6 is 24.0 Å². The molecule has 152 valence electrons. The van der Waals surface area contributed by atoms with Gasteiger partial charge in [-0.2, -0.15) is 0 Å². The van der Waals surface area contributed by atoms with Gasteiger partial charge in [0.05, 0.1) is 11.0 Å². The maximum Gasteiger partial charge on any atom is 0.191 e. The van der Waals surface area contributed by atoms with E-state index in [0.29, 0.717) is 6.04 Å². The Balaban J connectivity index is 0.00000364. The van der Waals surface area contributed by atoms with Crippen LogP contribution in [0.3, 0.4) is 0 Å². The molecule has 0 fully saturated rings. The summed E-state index contributed by atoms with van der Waals surface area (Å²) in [6.07, 6.45) is 2.19. The van der Waals surface area contributed by atoms with Crippen molar-refractivity contribution in [3.63, 3.8) is 0 Å². The van der Waals surface area contributed by atoms with Crippen molar-refractivity contribution < 1.29 is 0 Å². The van der Waals surface area contributed by atoms with E-state index >= 15 is 0 Å². The van der Waals surface area contributed by atoms with Gasteiger partial charge in [-0.05, 0) is 45.9 Å². The van der Waals surface area contributed by atoms with Crippen molar-refractivity contribution in [2.24, 2.45) is 4.99 Å². The highest BCUT2D eigenvalue weighted by atomic mass is 127. The average molecular weight is 486 g/mol. The molecule has 1 aromatic heterocycles. The van der Waals surface area contributed by atoms with Crippen LogP contribution in [0, 0.1) is 6.92 Å². The van der Waals surface area contributed by atoms with Crippen molar-refractivity contribution in [2.75, 3.05) is 33.7 Å². The van der Waals surface area contributed by atoms with Crippen LogP contribution in [0.2, 0.25) is 0 Å². The molecule has 0 amide bonds. The molecule has 2 aromatic rings. The molecule has 0 radical (unpaired) electrons. The predicted molar refractivity (Wildman–Crippen MR) is 126 cm³/mol. The minimum absolute atomic E-state index is 0. The van der Waals surface area contributed by atoms with E-state index in [1.807, 2.05) is 13.1 Å². The maximum absolute atomic E-state index is 4.62. The second kappa shape index (κ2) is 12.2. The molecule has 1 aromatic carbocycles. The Labute approximate surface area is 180 Å². The molecular formula is C20H35IN6. The minimum Gasteiger partial charge on any atom is -0.356 e. The molecule has 0 bridgehead atoms. The van der Waals surface area contributed by atoms with E-state index in [1.54, 1.807) is 0 Å². The van der Waals surface area contributed by atoms with Crippen molar-refractivity contribution in [3.8, 4) is 0 Å². The van der Waals surface area contributed by atoms with E-state index in [0.717, 1.165) is 49.9 Å². The van der Waals surface area contributed by atoms with E-state index in [9.17, 15) is 0 Å². The van der Waals surface area contributed by atoms with Crippen LogP contribution in [0.5, 0.6) is 0 Å². The number of aromatic nitrogens is 2. The summed E-state index contributed by atoms with van der Waals surface area (Å²) in [5, 5.41) is 6.79. The van der Waals surface area contributed by atoms with E-state index in [1.165, 1.54) is 11.9 Å². The van der Waals surface area contributed by atoms with Gasteiger partial charge in [-0.1, -0.05) is 19.1 Å². The molecular weight excluding hydrogens is 451 g/mol. The van der Waals surface area contributed by atoms with Crippen LogP contribution in [0.15, 0.2) is 29.3 Å². The van der Waals surface area contributed by atoms with Gasteiger partial charge in [0.1, 0.15) is 5.82 Å². The molecule has 27 heavy (non-hydrogen) atoms. The van der Waals surface area contributed by atoms with Crippen LogP contribution in [0.25, 0.3) is 11.0 Å². The van der Waals surface area contributed by atoms with E-state index < -0.39 is 0 Å². The lowest BCUT2D eigenvalue weighted by Gasteiger charge is -2.24. The number of aryl methyl sites for hydroxylation is 2. The van der Waals surface area contributed by atoms with Gasteiger partial charge in [0, 0.05) is 39.3 Å². The van der Waals surface area contributed by atoms with Crippen LogP contribution < -0.4 is 10.6 Å². The fourth-order valence-corrected chi connectivity index (χ4v) is 3.03. The van der Waals surface area contributed by atoms with Gasteiger partial charge in [-0.25, -0.2) is 4.98 Å². The summed E-state index contributed by atoms with van der Waals surface area (Å²) in [6, 6.07) is 8.92. The zero-order chi connectivity index (χ0) is 18.9. The molecule has 1 heterocycles. The first-order valence-electron chi connectivity index (χ1n) is 9.63. The van der Waals surface area contributed by atoms with Crippen LogP contribution in [-0.4, -0.2) is 60.2 Å². The highest BCUT2D eigenvalue weighted by Gasteiger charge is 2.07. The van der Waals surface area contributed by atoms with Gasteiger partial charge in [0.15, 0.2) is 5.96 Å². The van der Waals surface area contributed by atoms with Gasteiger partial charge >= 0.3 is 0 Å². The van der Waals surface area contributed by atoms with Gasteiger partial charge < -0.3 is 20.1 Å². The number of imidazole rings is 1. The summed E-state index contributed by atoms with van der Waals surface area (Å²) in [5.74, 6) is 1.94. The lowest BCUT2D eigenvalue weighted by molar-refractivity contribution is 0.255. The maximum atomic E-state index is 4.62. The standard InChI is InChI=1S/C20H34N6.HI/c1-6-16(2)25(5)15-13-23-20(21-4)22-12-9-14-26-17(3)24-18-10-7-8-11-19(18)26;/h7-8,10-11,16H,6,9,12-15H2,1-5H3,(H2,21,22,23);1H. The first-order valence-corrected chi connectivity index (χ1v) is 9.63. The zero-order valence-electron chi connectivity index (χ0n) is 17.3. The third kappa shape index (κ3) is 6.95. The molecule has 7 heteroatoms. The molecule has 6 nitrogen and oxygen atoms in total. The Bertz CT molecular complexity index is 712. The Hall–Kier alpha value is -1.35. The van der Waals surface area contributed by atoms with Gasteiger partial charge in [0.2, 0.25) is 0 Å². The number of hydrogen-bond donors (Lipinski definition) is 2. The van der Waals surface area contributed by atoms with E-state index in [4.69, 9.17) is 0 Å². The average Bonchev–Trinajstić information content (AvgIpc) is 2.98. The van der Waals surface area contributed by atoms with Crippen molar-refractivity contribution in [3.05, 3.63) is 30.1 Å². The first-order chi connectivity index (χ1) is 12.6. The van der Waals surface area contributed by atoms with Gasteiger partial charge in [0.25, 0.3) is 0 Å². The van der Waals surface area contributed by atoms with Gasteiger partial charge in [-0.3, -0.25) is 4.99 Å².